The highest BCUT2D eigenvalue weighted by Crippen LogP contribution is 2.28. The molecule has 0 aliphatic carbocycles. The van der Waals surface area contributed by atoms with E-state index in [1.165, 1.54) is 5.56 Å². The normalized spacial score (nSPS) is 12.7. The first-order valence-corrected chi connectivity index (χ1v) is 6.12. The number of halogens is 1. The molecule has 0 fully saturated rings. The average molecular weight is 295 g/mol. The van der Waals surface area contributed by atoms with Crippen molar-refractivity contribution in [3.8, 4) is 0 Å². The molecule has 2 rings (SSSR count). The summed E-state index contributed by atoms with van der Waals surface area (Å²) in [5.41, 5.74) is 6.19. The minimum atomic E-state index is -0.0574. The van der Waals surface area contributed by atoms with Crippen molar-refractivity contribution >= 4 is 15.9 Å². The van der Waals surface area contributed by atoms with Crippen molar-refractivity contribution in [3.63, 3.8) is 0 Å². The second kappa shape index (κ2) is 5.00. The van der Waals surface area contributed by atoms with E-state index in [2.05, 4.69) is 45.5 Å². The van der Waals surface area contributed by atoms with Crippen LogP contribution in [0.15, 0.2) is 35.1 Å². The first-order chi connectivity index (χ1) is 8.11. The van der Waals surface area contributed by atoms with Crippen LogP contribution in [0.4, 0.5) is 0 Å². The molecule has 0 aliphatic heterocycles. The zero-order valence-corrected chi connectivity index (χ0v) is 11.4. The fourth-order valence-corrected chi connectivity index (χ4v) is 2.31. The Morgan fingerprint density at radius 3 is 2.82 bits per heavy atom. The van der Waals surface area contributed by atoms with Gasteiger partial charge >= 0.3 is 0 Å². The number of hydrogen-bond acceptors (Lipinski definition) is 3. The van der Waals surface area contributed by atoms with Crippen LogP contribution in [0.5, 0.6) is 0 Å². The molecule has 5 heteroatoms. The third-order valence-electron chi connectivity index (χ3n) is 2.69. The van der Waals surface area contributed by atoms with E-state index in [1.54, 1.807) is 4.68 Å². The molecule has 0 saturated carbocycles. The summed E-state index contributed by atoms with van der Waals surface area (Å²) in [7, 11) is 1.89. The van der Waals surface area contributed by atoms with E-state index in [0.29, 0.717) is 0 Å². The molecule has 0 radical (unpaired) electrons. The number of benzene rings is 1. The van der Waals surface area contributed by atoms with Crippen molar-refractivity contribution in [2.45, 2.75) is 13.0 Å². The van der Waals surface area contributed by atoms with Gasteiger partial charge in [0.05, 0.1) is 12.2 Å². The van der Waals surface area contributed by atoms with Gasteiger partial charge in [0, 0.05) is 23.3 Å². The van der Waals surface area contributed by atoms with Gasteiger partial charge in [0.2, 0.25) is 0 Å². The van der Waals surface area contributed by atoms with Crippen LogP contribution >= 0.6 is 15.9 Å². The van der Waals surface area contributed by atoms with E-state index < -0.39 is 0 Å². The van der Waals surface area contributed by atoms with Crippen molar-refractivity contribution in [2.24, 2.45) is 12.9 Å². The van der Waals surface area contributed by atoms with Crippen molar-refractivity contribution in [2.75, 3.05) is 0 Å². The van der Waals surface area contributed by atoms with Crippen LogP contribution < -0.4 is 11.3 Å². The lowest BCUT2D eigenvalue weighted by atomic mass is 10.0. The summed E-state index contributed by atoms with van der Waals surface area (Å²) in [6.45, 7) is 2.06. The molecule has 1 aromatic carbocycles. The predicted molar refractivity (Wildman–Crippen MR) is 71.3 cm³/mol. The van der Waals surface area contributed by atoms with Gasteiger partial charge in [0.25, 0.3) is 0 Å². The number of nitrogens with zero attached hydrogens (tertiary/aromatic N) is 2. The summed E-state index contributed by atoms with van der Waals surface area (Å²) in [6.07, 6.45) is 3.78. The van der Waals surface area contributed by atoms with Crippen molar-refractivity contribution in [1.82, 2.24) is 15.2 Å². The van der Waals surface area contributed by atoms with Gasteiger partial charge in [-0.25, -0.2) is 5.43 Å². The Kier molecular flexibility index (Phi) is 3.61. The lowest BCUT2D eigenvalue weighted by molar-refractivity contribution is 0.633. The Balaban J connectivity index is 2.45. The molecule has 0 saturated heterocycles. The SMILES string of the molecule is Cc1ccc(Br)c(C(NN)c2cnn(C)c2)c1. The van der Waals surface area contributed by atoms with E-state index in [1.807, 2.05) is 25.5 Å². The van der Waals surface area contributed by atoms with E-state index in [-0.39, 0.29) is 6.04 Å². The van der Waals surface area contributed by atoms with E-state index in [0.717, 1.165) is 15.6 Å². The number of hydrogen-bond donors (Lipinski definition) is 2. The van der Waals surface area contributed by atoms with Gasteiger partial charge in [0.1, 0.15) is 0 Å². The Morgan fingerprint density at radius 1 is 1.47 bits per heavy atom. The molecule has 3 N–H and O–H groups in total. The zero-order valence-electron chi connectivity index (χ0n) is 9.81. The molecule has 1 atom stereocenters. The first kappa shape index (κ1) is 12.3. The monoisotopic (exact) mass is 294 g/mol. The Bertz CT molecular complexity index is 521. The maximum Gasteiger partial charge on any atom is 0.0751 e. The van der Waals surface area contributed by atoms with Gasteiger partial charge < -0.3 is 0 Å². The third kappa shape index (κ3) is 2.57. The largest absolute Gasteiger partial charge is 0.275 e. The number of rotatable bonds is 3. The van der Waals surface area contributed by atoms with Crippen LogP contribution in [-0.2, 0) is 7.05 Å². The minimum Gasteiger partial charge on any atom is -0.275 e. The fourth-order valence-electron chi connectivity index (χ4n) is 1.84. The van der Waals surface area contributed by atoms with Crippen molar-refractivity contribution in [3.05, 3.63) is 51.8 Å². The van der Waals surface area contributed by atoms with Crippen LogP contribution in [0.25, 0.3) is 0 Å². The molecular formula is C12H15BrN4. The number of aromatic nitrogens is 2. The lowest BCUT2D eigenvalue weighted by Crippen LogP contribution is -2.29. The quantitative estimate of drug-likeness (QED) is 0.673. The predicted octanol–water partition coefficient (Wildman–Crippen LogP) is 2.04. The molecule has 17 heavy (non-hydrogen) atoms. The van der Waals surface area contributed by atoms with Gasteiger partial charge in [-0.2, -0.15) is 5.10 Å². The minimum absolute atomic E-state index is 0.0574. The summed E-state index contributed by atoms with van der Waals surface area (Å²) < 4.78 is 2.80. The number of hydrazine groups is 1. The van der Waals surface area contributed by atoms with E-state index in [4.69, 9.17) is 5.84 Å². The van der Waals surface area contributed by atoms with Crippen molar-refractivity contribution in [1.29, 1.82) is 0 Å². The molecule has 90 valence electrons. The molecule has 1 unspecified atom stereocenters. The van der Waals surface area contributed by atoms with Crippen LogP contribution in [0, 0.1) is 6.92 Å². The number of nitrogens with one attached hydrogen (secondary N) is 1. The second-order valence-corrected chi connectivity index (χ2v) is 4.93. The smallest absolute Gasteiger partial charge is 0.0751 e. The highest BCUT2D eigenvalue weighted by molar-refractivity contribution is 9.10. The van der Waals surface area contributed by atoms with Gasteiger partial charge in [-0.05, 0) is 18.6 Å². The maximum atomic E-state index is 5.66. The van der Waals surface area contributed by atoms with Crippen LogP contribution in [0.3, 0.4) is 0 Å². The second-order valence-electron chi connectivity index (χ2n) is 4.07. The van der Waals surface area contributed by atoms with E-state index in [9.17, 15) is 0 Å². The Morgan fingerprint density at radius 2 is 2.24 bits per heavy atom. The van der Waals surface area contributed by atoms with E-state index >= 15 is 0 Å². The summed E-state index contributed by atoms with van der Waals surface area (Å²) in [6, 6.07) is 6.15. The fraction of sp³-hybridized carbons (Fsp3) is 0.250. The Hall–Kier alpha value is -1.17. The maximum absolute atomic E-state index is 5.66. The summed E-state index contributed by atoms with van der Waals surface area (Å²) in [5.74, 6) is 5.66. The van der Waals surface area contributed by atoms with Crippen LogP contribution in [0.2, 0.25) is 0 Å². The highest BCUT2D eigenvalue weighted by atomic mass is 79.9. The molecule has 0 bridgehead atoms. The summed E-state index contributed by atoms with van der Waals surface area (Å²) in [5, 5.41) is 4.17. The molecule has 1 heterocycles. The lowest BCUT2D eigenvalue weighted by Gasteiger charge is -2.17. The molecular weight excluding hydrogens is 280 g/mol. The van der Waals surface area contributed by atoms with Crippen LogP contribution in [-0.4, -0.2) is 9.78 Å². The standard InChI is InChI=1S/C12H15BrN4/c1-8-3-4-11(13)10(5-8)12(16-14)9-6-15-17(2)7-9/h3-7,12,16H,14H2,1-2H3. The number of aryl methyl sites for hydroxylation is 2. The van der Waals surface area contributed by atoms with Crippen LogP contribution in [0.1, 0.15) is 22.7 Å². The number of nitrogens with two attached hydrogens (primary N) is 1. The van der Waals surface area contributed by atoms with Gasteiger partial charge in [-0.3, -0.25) is 10.5 Å². The molecule has 0 amide bonds. The van der Waals surface area contributed by atoms with Gasteiger partial charge in [0.15, 0.2) is 0 Å². The summed E-state index contributed by atoms with van der Waals surface area (Å²) >= 11 is 3.55. The topological polar surface area (TPSA) is 55.9 Å². The van der Waals surface area contributed by atoms with Gasteiger partial charge in [-0.15, -0.1) is 0 Å². The first-order valence-electron chi connectivity index (χ1n) is 5.32. The zero-order chi connectivity index (χ0) is 12.4. The molecule has 2 aromatic rings. The molecule has 0 spiro atoms. The van der Waals surface area contributed by atoms with Gasteiger partial charge in [-0.1, -0.05) is 33.6 Å². The Labute approximate surface area is 109 Å². The van der Waals surface area contributed by atoms with Crippen molar-refractivity contribution < 1.29 is 0 Å². The molecule has 0 aliphatic rings. The highest BCUT2D eigenvalue weighted by Gasteiger charge is 2.16. The third-order valence-corrected chi connectivity index (χ3v) is 3.41. The molecule has 1 aromatic heterocycles. The summed E-state index contributed by atoms with van der Waals surface area (Å²) in [4.78, 5) is 0. The molecule has 4 nitrogen and oxygen atoms in total. The average Bonchev–Trinajstić information content (AvgIpc) is 2.71.